The van der Waals surface area contributed by atoms with Crippen molar-refractivity contribution in [3.8, 4) is 5.75 Å². The number of aryl methyl sites for hydroxylation is 2. The molecule has 0 aliphatic heterocycles. The summed E-state index contributed by atoms with van der Waals surface area (Å²) in [5.74, 6) is 2.44. The van der Waals surface area contributed by atoms with E-state index < -0.39 is 0 Å². The summed E-state index contributed by atoms with van der Waals surface area (Å²) < 4.78 is 5.89. The standard InChI is InChI=1S/C22H23N3O/c1-14(2)10-17(5)26-21-9-7-18(12-16(21)4)25-22-19-11-15(3)6-8-20(19)23-13-24-22/h6-13H,1H2,2-5H3,(H,23,24,25)/b17-10+. The maximum absolute atomic E-state index is 5.89. The van der Waals surface area contributed by atoms with Crippen molar-refractivity contribution < 1.29 is 4.74 Å². The first-order valence-electron chi connectivity index (χ1n) is 8.53. The van der Waals surface area contributed by atoms with Gasteiger partial charge in [0, 0.05) is 11.1 Å². The van der Waals surface area contributed by atoms with Crippen LogP contribution < -0.4 is 10.1 Å². The van der Waals surface area contributed by atoms with Gasteiger partial charge in [-0.3, -0.25) is 0 Å². The average Bonchev–Trinajstić information content (AvgIpc) is 2.57. The lowest BCUT2D eigenvalue weighted by Gasteiger charge is -2.13. The van der Waals surface area contributed by atoms with Crippen molar-refractivity contribution in [3.05, 3.63) is 77.8 Å². The van der Waals surface area contributed by atoms with Crippen molar-refractivity contribution in [1.82, 2.24) is 9.97 Å². The summed E-state index contributed by atoms with van der Waals surface area (Å²) in [6.07, 6.45) is 3.50. The molecule has 0 saturated carbocycles. The molecular formula is C22H23N3O. The first-order chi connectivity index (χ1) is 12.4. The number of allylic oxidation sites excluding steroid dienone is 3. The van der Waals surface area contributed by atoms with Crippen LogP contribution in [0.1, 0.15) is 25.0 Å². The number of anilines is 2. The minimum atomic E-state index is 0.796. The highest BCUT2D eigenvalue weighted by Gasteiger charge is 2.07. The molecule has 0 aliphatic rings. The molecule has 0 saturated heterocycles. The zero-order chi connectivity index (χ0) is 18.7. The summed E-state index contributed by atoms with van der Waals surface area (Å²) in [6, 6.07) is 12.1. The van der Waals surface area contributed by atoms with E-state index in [0.29, 0.717) is 0 Å². The zero-order valence-corrected chi connectivity index (χ0v) is 15.6. The van der Waals surface area contributed by atoms with Crippen molar-refractivity contribution in [2.45, 2.75) is 27.7 Å². The third-order valence-corrected chi connectivity index (χ3v) is 3.95. The fourth-order valence-corrected chi connectivity index (χ4v) is 2.80. The van der Waals surface area contributed by atoms with Gasteiger partial charge in [-0.1, -0.05) is 23.8 Å². The Kier molecular flexibility index (Phi) is 5.03. The second-order valence-corrected chi connectivity index (χ2v) is 6.55. The Bertz CT molecular complexity index is 1010. The number of aromatic nitrogens is 2. The Morgan fingerprint density at radius 1 is 1.08 bits per heavy atom. The van der Waals surface area contributed by atoms with Crippen LogP contribution in [-0.2, 0) is 0 Å². The molecule has 3 aromatic rings. The van der Waals surface area contributed by atoms with E-state index in [4.69, 9.17) is 4.74 Å². The highest BCUT2D eigenvalue weighted by molar-refractivity contribution is 5.91. The van der Waals surface area contributed by atoms with Gasteiger partial charge in [-0.05, 0) is 69.7 Å². The number of fused-ring (bicyclic) bond motifs is 1. The normalized spacial score (nSPS) is 11.5. The molecule has 4 heteroatoms. The summed E-state index contributed by atoms with van der Waals surface area (Å²) in [6.45, 7) is 11.8. The minimum absolute atomic E-state index is 0.796. The quantitative estimate of drug-likeness (QED) is 0.465. The van der Waals surface area contributed by atoms with Crippen LogP contribution >= 0.6 is 0 Å². The van der Waals surface area contributed by atoms with Gasteiger partial charge in [0.25, 0.3) is 0 Å². The van der Waals surface area contributed by atoms with Crippen molar-refractivity contribution in [3.63, 3.8) is 0 Å². The lowest BCUT2D eigenvalue weighted by Crippen LogP contribution is -1.98. The SMILES string of the molecule is C=C(C)/C=C(\C)Oc1ccc(Nc2ncnc3ccc(C)cc23)cc1C. The van der Waals surface area contributed by atoms with E-state index in [0.717, 1.165) is 45.1 Å². The lowest BCUT2D eigenvalue weighted by atomic mass is 10.1. The van der Waals surface area contributed by atoms with Gasteiger partial charge < -0.3 is 10.1 Å². The van der Waals surface area contributed by atoms with Gasteiger partial charge in [0.2, 0.25) is 0 Å². The molecule has 0 amide bonds. The van der Waals surface area contributed by atoms with Crippen LogP contribution in [0.4, 0.5) is 11.5 Å². The predicted octanol–water partition coefficient (Wildman–Crippen LogP) is 5.85. The molecule has 1 N–H and O–H groups in total. The van der Waals surface area contributed by atoms with Crippen molar-refractivity contribution in [2.24, 2.45) is 0 Å². The Morgan fingerprint density at radius 3 is 2.62 bits per heavy atom. The van der Waals surface area contributed by atoms with E-state index in [1.54, 1.807) is 6.33 Å². The number of benzene rings is 2. The average molecular weight is 345 g/mol. The molecule has 0 unspecified atom stereocenters. The predicted molar refractivity (Wildman–Crippen MR) is 108 cm³/mol. The maximum Gasteiger partial charge on any atom is 0.141 e. The largest absolute Gasteiger partial charge is 0.462 e. The molecule has 1 aromatic heterocycles. The van der Waals surface area contributed by atoms with Crippen molar-refractivity contribution in [1.29, 1.82) is 0 Å². The number of ether oxygens (including phenoxy) is 1. The Morgan fingerprint density at radius 2 is 1.88 bits per heavy atom. The van der Waals surface area contributed by atoms with Gasteiger partial charge in [0.1, 0.15) is 23.7 Å². The highest BCUT2D eigenvalue weighted by atomic mass is 16.5. The van der Waals surface area contributed by atoms with E-state index in [-0.39, 0.29) is 0 Å². The van der Waals surface area contributed by atoms with Crippen LogP contribution in [0.15, 0.2) is 66.7 Å². The number of hydrogen-bond acceptors (Lipinski definition) is 4. The van der Waals surface area contributed by atoms with Crippen LogP contribution in [-0.4, -0.2) is 9.97 Å². The van der Waals surface area contributed by atoms with Crippen molar-refractivity contribution in [2.75, 3.05) is 5.32 Å². The summed E-state index contributed by atoms with van der Waals surface area (Å²) >= 11 is 0. The number of nitrogens with zero attached hydrogens (tertiary/aromatic N) is 2. The summed E-state index contributed by atoms with van der Waals surface area (Å²) in [7, 11) is 0. The fourth-order valence-electron chi connectivity index (χ4n) is 2.80. The molecule has 3 rings (SSSR count). The second-order valence-electron chi connectivity index (χ2n) is 6.55. The van der Waals surface area contributed by atoms with E-state index in [2.05, 4.69) is 40.9 Å². The first kappa shape index (κ1) is 17.7. The molecule has 26 heavy (non-hydrogen) atoms. The molecule has 0 aliphatic carbocycles. The molecule has 0 radical (unpaired) electrons. The van der Waals surface area contributed by atoms with Crippen molar-refractivity contribution >= 4 is 22.4 Å². The maximum atomic E-state index is 5.89. The zero-order valence-electron chi connectivity index (χ0n) is 15.6. The second kappa shape index (κ2) is 7.40. The summed E-state index contributed by atoms with van der Waals surface area (Å²) in [5, 5.41) is 4.40. The fraction of sp³-hybridized carbons (Fsp3) is 0.182. The topological polar surface area (TPSA) is 47.0 Å². The molecule has 1 heterocycles. The molecular weight excluding hydrogens is 322 g/mol. The third kappa shape index (κ3) is 4.09. The van der Waals surface area contributed by atoms with E-state index in [9.17, 15) is 0 Å². The molecule has 132 valence electrons. The van der Waals surface area contributed by atoms with Gasteiger partial charge in [-0.15, -0.1) is 0 Å². The smallest absolute Gasteiger partial charge is 0.141 e. The number of hydrogen-bond donors (Lipinski definition) is 1. The molecule has 2 aromatic carbocycles. The number of rotatable bonds is 5. The number of nitrogens with one attached hydrogen (secondary N) is 1. The van der Waals surface area contributed by atoms with Gasteiger partial charge in [-0.25, -0.2) is 9.97 Å². The highest BCUT2D eigenvalue weighted by Crippen LogP contribution is 2.28. The van der Waals surface area contributed by atoms with E-state index in [1.165, 1.54) is 5.56 Å². The molecule has 0 spiro atoms. The third-order valence-electron chi connectivity index (χ3n) is 3.95. The van der Waals surface area contributed by atoms with Crippen LogP contribution in [0.2, 0.25) is 0 Å². The van der Waals surface area contributed by atoms with Gasteiger partial charge >= 0.3 is 0 Å². The lowest BCUT2D eigenvalue weighted by molar-refractivity contribution is 0.424. The first-order valence-corrected chi connectivity index (χ1v) is 8.53. The summed E-state index contributed by atoms with van der Waals surface area (Å²) in [5.41, 5.74) is 5.06. The Balaban J connectivity index is 1.87. The van der Waals surface area contributed by atoms with E-state index >= 15 is 0 Å². The molecule has 0 bridgehead atoms. The van der Waals surface area contributed by atoms with Crippen LogP contribution in [0.3, 0.4) is 0 Å². The van der Waals surface area contributed by atoms with Crippen LogP contribution in [0.5, 0.6) is 5.75 Å². The molecule has 0 atom stereocenters. The Hall–Kier alpha value is -3.14. The van der Waals surface area contributed by atoms with Gasteiger partial charge in [0.05, 0.1) is 5.52 Å². The summed E-state index contributed by atoms with van der Waals surface area (Å²) in [4.78, 5) is 8.73. The molecule has 0 fully saturated rings. The minimum Gasteiger partial charge on any atom is -0.462 e. The van der Waals surface area contributed by atoms with Crippen LogP contribution in [0.25, 0.3) is 10.9 Å². The van der Waals surface area contributed by atoms with Crippen LogP contribution in [0, 0.1) is 13.8 Å². The van der Waals surface area contributed by atoms with E-state index in [1.807, 2.05) is 51.1 Å². The monoisotopic (exact) mass is 345 g/mol. The molecule has 4 nitrogen and oxygen atoms in total. The Labute approximate surface area is 154 Å². The van der Waals surface area contributed by atoms with Gasteiger partial charge in [0.15, 0.2) is 0 Å². The van der Waals surface area contributed by atoms with Gasteiger partial charge in [-0.2, -0.15) is 0 Å².